The van der Waals surface area contributed by atoms with E-state index >= 15 is 0 Å². The van der Waals surface area contributed by atoms with Gasteiger partial charge in [-0.25, -0.2) is 0 Å². The molecule has 0 saturated heterocycles. The first kappa shape index (κ1) is 12.4. The molecule has 2 N–H and O–H groups in total. The molecule has 0 aliphatic rings. The Morgan fingerprint density at radius 3 is 2.08 bits per heavy atom. The van der Waals surface area contributed by atoms with E-state index in [1.807, 2.05) is 11.8 Å². The van der Waals surface area contributed by atoms with Crippen molar-refractivity contribution in [3.63, 3.8) is 0 Å². The minimum absolute atomic E-state index is 0.0295. The van der Waals surface area contributed by atoms with Gasteiger partial charge < -0.3 is 10.6 Å². The zero-order chi connectivity index (χ0) is 10.3. The van der Waals surface area contributed by atoms with Crippen LogP contribution in [0.3, 0.4) is 0 Å². The van der Waals surface area contributed by atoms with Crippen LogP contribution in [0.5, 0.6) is 0 Å². The molecule has 0 aromatic carbocycles. The molecule has 3 nitrogen and oxygen atoms in total. The van der Waals surface area contributed by atoms with Gasteiger partial charge in [0.1, 0.15) is 0 Å². The van der Waals surface area contributed by atoms with Crippen LogP contribution in [0, 0.1) is 5.92 Å². The second-order valence-corrected chi connectivity index (χ2v) is 3.46. The predicted molar refractivity (Wildman–Crippen MR) is 55.4 cm³/mol. The van der Waals surface area contributed by atoms with Crippen LogP contribution in [-0.4, -0.2) is 30.4 Å². The number of nitrogens with zero attached hydrogens (tertiary/aromatic N) is 1. The smallest absolute Gasteiger partial charge is 0.226 e. The molecule has 78 valence electrons. The SMILES string of the molecule is CCCN(CCC)C(=O)C(C)CN. The molecule has 0 aliphatic carbocycles. The van der Waals surface area contributed by atoms with E-state index < -0.39 is 0 Å². The first-order valence-electron chi connectivity index (χ1n) is 5.16. The Morgan fingerprint density at radius 1 is 1.31 bits per heavy atom. The molecule has 1 atom stereocenters. The summed E-state index contributed by atoms with van der Waals surface area (Å²) in [6.07, 6.45) is 2.03. The van der Waals surface area contributed by atoms with Crippen LogP contribution >= 0.6 is 0 Å². The van der Waals surface area contributed by atoms with E-state index in [9.17, 15) is 4.79 Å². The van der Waals surface area contributed by atoms with Gasteiger partial charge in [0.05, 0.1) is 0 Å². The molecule has 3 heteroatoms. The van der Waals surface area contributed by atoms with Crippen LogP contribution in [-0.2, 0) is 4.79 Å². The van der Waals surface area contributed by atoms with Crippen molar-refractivity contribution in [2.75, 3.05) is 19.6 Å². The highest BCUT2D eigenvalue weighted by Gasteiger charge is 2.17. The van der Waals surface area contributed by atoms with Gasteiger partial charge >= 0.3 is 0 Å². The molecule has 0 bridgehead atoms. The van der Waals surface area contributed by atoms with Gasteiger partial charge in [-0.2, -0.15) is 0 Å². The van der Waals surface area contributed by atoms with Crippen LogP contribution < -0.4 is 5.73 Å². The van der Waals surface area contributed by atoms with Crippen molar-refractivity contribution >= 4 is 5.91 Å². The topological polar surface area (TPSA) is 46.3 Å². The van der Waals surface area contributed by atoms with Crippen molar-refractivity contribution in [3.05, 3.63) is 0 Å². The third kappa shape index (κ3) is 4.27. The molecule has 13 heavy (non-hydrogen) atoms. The molecule has 0 spiro atoms. The molecule has 0 fully saturated rings. The quantitative estimate of drug-likeness (QED) is 0.678. The number of carbonyl (C=O) groups is 1. The molecule has 0 radical (unpaired) electrons. The zero-order valence-electron chi connectivity index (χ0n) is 9.05. The van der Waals surface area contributed by atoms with E-state index in [-0.39, 0.29) is 11.8 Å². The van der Waals surface area contributed by atoms with Crippen molar-refractivity contribution in [1.29, 1.82) is 0 Å². The molecule has 0 saturated carbocycles. The first-order valence-corrected chi connectivity index (χ1v) is 5.16. The Balaban J connectivity index is 4.09. The Morgan fingerprint density at radius 2 is 1.77 bits per heavy atom. The highest BCUT2D eigenvalue weighted by Crippen LogP contribution is 2.03. The van der Waals surface area contributed by atoms with Gasteiger partial charge in [-0.1, -0.05) is 20.8 Å². The van der Waals surface area contributed by atoms with Gasteiger partial charge in [0, 0.05) is 25.6 Å². The predicted octanol–water partition coefficient (Wildman–Crippen LogP) is 1.23. The van der Waals surface area contributed by atoms with E-state index in [1.165, 1.54) is 0 Å². The second kappa shape index (κ2) is 6.89. The summed E-state index contributed by atoms with van der Waals surface area (Å²) in [4.78, 5) is 13.6. The van der Waals surface area contributed by atoms with Crippen LogP contribution in [0.1, 0.15) is 33.6 Å². The number of hydrogen-bond donors (Lipinski definition) is 1. The summed E-state index contributed by atoms with van der Waals surface area (Å²) < 4.78 is 0. The Labute approximate surface area is 81.3 Å². The Kier molecular flexibility index (Phi) is 6.59. The van der Waals surface area contributed by atoms with Crippen molar-refractivity contribution in [2.45, 2.75) is 33.6 Å². The normalized spacial score (nSPS) is 12.6. The lowest BCUT2D eigenvalue weighted by Crippen LogP contribution is -2.38. The summed E-state index contributed by atoms with van der Waals surface area (Å²) in [6.45, 7) is 8.23. The molecule has 0 aromatic rings. The van der Waals surface area contributed by atoms with Gasteiger partial charge in [-0.15, -0.1) is 0 Å². The average molecular weight is 186 g/mol. The van der Waals surface area contributed by atoms with Crippen molar-refractivity contribution < 1.29 is 4.79 Å². The summed E-state index contributed by atoms with van der Waals surface area (Å²) in [5.41, 5.74) is 5.46. The maximum Gasteiger partial charge on any atom is 0.226 e. The highest BCUT2D eigenvalue weighted by molar-refractivity contribution is 5.78. The maximum absolute atomic E-state index is 11.7. The largest absolute Gasteiger partial charge is 0.342 e. The van der Waals surface area contributed by atoms with Crippen LogP contribution in [0.15, 0.2) is 0 Å². The maximum atomic E-state index is 11.7. The molecule has 0 aromatic heterocycles. The van der Waals surface area contributed by atoms with Crippen molar-refractivity contribution in [3.8, 4) is 0 Å². The summed E-state index contributed by atoms with van der Waals surface area (Å²) >= 11 is 0. The highest BCUT2D eigenvalue weighted by atomic mass is 16.2. The number of nitrogens with two attached hydrogens (primary N) is 1. The van der Waals surface area contributed by atoms with Gasteiger partial charge in [0.25, 0.3) is 0 Å². The second-order valence-electron chi connectivity index (χ2n) is 3.46. The Hall–Kier alpha value is -0.570. The van der Waals surface area contributed by atoms with Crippen molar-refractivity contribution in [2.24, 2.45) is 11.7 Å². The number of carbonyl (C=O) groups excluding carboxylic acids is 1. The van der Waals surface area contributed by atoms with Gasteiger partial charge in [-0.05, 0) is 12.8 Å². The fourth-order valence-electron chi connectivity index (χ4n) is 1.28. The number of amides is 1. The average Bonchev–Trinajstić information content (AvgIpc) is 2.15. The van der Waals surface area contributed by atoms with Gasteiger partial charge in [0.15, 0.2) is 0 Å². The molecule has 1 unspecified atom stereocenters. The fourth-order valence-corrected chi connectivity index (χ4v) is 1.28. The summed E-state index contributed by atoms with van der Waals surface area (Å²) in [5, 5.41) is 0. The fraction of sp³-hybridized carbons (Fsp3) is 0.900. The van der Waals surface area contributed by atoms with E-state index in [2.05, 4.69) is 13.8 Å². The summed E-state index contributed by atoms with van der Waals surface area (Å²) in [7, 11) is 0. The third-order valence-electron chi connectivity index (χ3n) is 2.07. The first-order chi connectivity index (χ1) is 6.17. The summed E-state index contributed by atoms with van der Waals surface area (Å²) in [5.74, 6) is 0.171. The van der Waals surface area contributed by atoms with Crippen LogP contribution in [0.2, 0.25) is 0 Å². The van der Waals surface area contributed by atoms with Gasteiger partial charge in [-0.3, -0.25) is 4.79 Å². The molecule has 0 rings (SSSR count). The minimum atomic E-state index is -0.0295. The molecular weight excluding hydrogens is 164 g/mol. The lowest BCUT2D eigenvalue weighted by Gasteiger charge is -2.24. The number of rotatable bonds is 6. The lowest BCUT2D eigenvalue weighted by molar-refractivity contribution is -0.134. The van der Waals surface area contributed by atoms with Crippen molar-refractivity contribution in [1.82, 2.24) is 4.90 Å². The molecular formula is C10H22N2O. The van der Waals surface area contributed by atoms with Crippen LogP contribution in [0.4, 0.5) is 0 Å². The van der Waals surface area contributed by atoms with Gasteiger partial charge in [0.2, 0.25) is 5.91 Å². The Bertz CT molecular complexity index is 142. The summed E-state index contributed by atoms with van der Waals surface area (Å²) in [6, 6.07) is 0. The minimum Gasteiger partial charge on any atom is -0.342 e. The lowest BCUT2D eigenvalue weighted by atomic mass is 10.1. The van der Waals surface area contributed by atoms with E-state index in [0.29, 0.717) is 6.54 Å². The van der Waals surface area contributed by atoms with Crippen LogP contribution in [0.25, 0.3) is 0 Å². The monoisotopic (exact) mass is 186 g/mol. The third-order valence-corrected chi connectivity index (χ3v) is 2.07. The molecule has 1 amide bonds. The van der Waals surface area contributed by atoms with E-state index in [4.69, 9.17) is 5.73 Å². The molecule has 0 heterocycles. The van der Waals surface area contributed by atoms with E-state index in [1.54, 1.807) is 0 Å². The standard InChI is InChI=1S/C10H22N2O/c1-4-6-12(7-5-2)10(13)9(3)8-11/h9H,4-8,11H2,1-3H3. The van der Waals surface area contributed by atoms with E-state index in [0.717, 1.165) is 25.9 Å². The molecule has 0 aliphatic heterocycles. The number of hydrogen-bond acceptors (Lipinski definition) is 2. The zero-order valence-corrected chi connectivity index (χ0v) is 9.05.